The van der Waals surface area contributed by atoms with Crippen molar-refractivity contribution >= 4 is 5.97 Å². The summed E-state index contributed by atoms with van der Waals surface area (Å²) in [4.78, 5) is 15.0. The summed E-state index contributed by atoms with van der Waals surface area (Å²) < 4.78 is 4.49. The molecule has 0 bridgehead atoms. The standard InChI is InChI=1S/C9H12N2O2/c1-13-9(12)8(10)6-7-4-2-3-5-11-7/h2-5,8H,6,10H2,1H3/t8-/m1/s1. The van der Waals surface area contributed by atoms with E-state index in [9.17, 15) is 4.79 Å². The van der Waals surface area contributed by atoms with Gasteiger partial charge in [-0.1, -0.05) is 6.07 Å². The Labute approximate surface area is 76.7 Å². The minimum atomic E-state index is -0.625. The molecule has 1 atom stereocenters. The Balaban J connectivity index is 2.55. The number of esters is 1. The molecule has 13 heavy (non-hydrogen) atoms. The molecule has 0 radical (unpaired) electrons. The fraction of sp³-hybridized carbons (Fsp3) is 0.333. The van der Waals surface area contributed by atoms with Crippen molar-refractivity contribution in [3.8, 4) is 0 Å². The van der Waals surface area contributed by atoms with Crippen LogP contribution in [0.25, 0.3) is 0 Å². The summed E-state index contributed by atoms with van der Waals surface area (Å²) in [6.07, 6.45) is 2.08. The molecule has 2 N–H and O–H groups in total. The average Bonchev–Trinajstić information content (AvgIpc) is 2.18. The topological polar surface area (TPSA) is 65.2 Å². The molecule has 1 rings (SSSR count). The van der Waals surface area contributed by atoms with Gasteiger partial charge in [-0.15, -0.1) is 0 Å². The second-order valence-corrected chi connectivity index (χ2v) is 2.65. The molecule has 4 heteroatoms. The van der Waals surface area contributed by atoms with Gasteiger partial charge in [-0.05, 0) is 12.1 Å². The van der Waals surface area contributed by atoms with E-state index in [1.54, 1.807) is 6.20 Å². The lowest BCUT2D eigenvalue weighted by molar-refractivity contribution is -0.142. The zero-order valence-corrected chi connectivity index (χ0v) is 7.43. The summed E-state index contributed by atoms with van der Waals surface area (Å²) in [5, 5.41) is 0. The predicted molar refractivity (Wildman–Crippen MR) is 47.9 cm³/mol. The maximum Gasteiger partial charge on any atom is 0.323 e. The van der Waals surface area contributed by atoms with Crippen molar-refractivity contribution in [3.05, 3.63) is 30.1 Å². The van der Waals surface area contributed by atoms with Crippen LogP contribution in [0.1, 0.15) is 5.69 Å². The van der Waals surface area contributed by atoms with Gasteiger partial charge in [0.25, 0.3) is 0 Å². The predicted octanol–water partition coefficient (Wildman–Crippen LogP) is 0.124. The summed E-state index contributed by atoms with van der Waals surface area (Å²) in [6.45, 7) is 0. The van der Waals surface area contributed by atoms with Crippen LogP contribution in [0, 0.1) is 0 Å². The van der Waals surface area contributed by atoms with E-state index < -0.39 is 12.0 Å². The van der Waals surface area contributed by atoms with Crippen molar-refractivity contribution < 1.29 is 9.53 Å². The molecule has 0 aromatic carbocycles. The zero-order valence-electron chi connectivity index (χ0n) is 7.43. The lowest BCUT2D eigenvalue weighted by Gasteiger charge is -2.07. The highest BCUT2D eigenvalue weighted by Gasteiger charge is 2.14. The van der Waals surface area contributed by atoms with Crippen LogP contribution in [0.3, 0.4) is 0 Å². The molecule has 0 spiro atoms. The Morgan fingerprint density at radius 2 is 2.46 bits per heavy atom. The van der Waals surface area contributed by atoms with Crippen LogP contribution in [0.5, 0.6) is 0 Å². The first-order valence-corrected chi connectivity index (χ1v) is 3.97. The van der Waals surface area contributed by atoms with Crippen molar-refractivity contribution in [2.75, 3.05) is 7.11 Å². The number of pyridine rings is 1. The van der Waals surface area contributed by atoms with E-state index in [-0.39, 0.29) is 0 Å². The highest BCUT2D eigenvalue weighted by Crippen LogP contribution is 1.98. The molecule has 0 fully saturated rings. The molecule has 1 heterocycles. The van der Waals surface area contributed by atoms with Gasteiger partial charge in [0.05, 0.1) is 7.11 Å². The van der Waals surface area contributed by atoms with Crippen molar-refractivity contribution in [2.45, 2.75) is 12.5 Å². The van der Waals surface area contributed by atoms with Gasteiger partial charge in [0.1, 0.15) is 6.04 Å². The molecule has 1 aromatic heterocycles. The highest BCUT2D eigenvalue weighted by atomic mass is 16.5. The van der Waals surface area contributed by atoms with Gasteiger partial charge < -0.3 is 10.5 Å². The summed E-state index contributed by atoms with van der Waals surface area (Å²) in [5.41, 5.74) is 6.34. The number of methoxy groups -OCH3 is 1. The van der Waals surface area contributed by atoms with E-state index in [2.05, 4.69) is 9.72 Å². The number of carbonyl (C=O) groups is 1. The van der Waals surface area contributed by atoms with Gasteiger partial charge in [0.15, 0.2) is 0 Å². The van der Waals surface area contributed by atoms with Crippen LogP contribution >= 0.6 is 0 Å². The Hall–Kier alpha value is -1.42. The number of nitrogens with zero attached hydrogens (tertiary/aromatic N) is 1. The summed E-state index contributed by atoms with van der Waals surface area (Å²) >= 11 is 0. The van der Waals surface area contributed by atoms with Crippen molar-refractivity contribution in [1.82, 2.24) is 4.98 Å². The molecule has 4 nitrogen and oxygen atoms in total. The summed E-state index contributed by atoms with van der Waals surface area (Å²) in [5.74, 6) is -0.411. The van der Waals surface area contributed by atoms with E-state index in [1.165, 1.54) is 7.11 Å². The normalized spacial score (nSPS) is 12.2. The molecule has 0 aliphatic heterocycles. The third-order valence-electron chi connectivity index (χ3n) is 1.66. The van der Waals surface area contributed by atoms with E-state index in [1.807, 2.05) is 18.2 Å². The highest BCUT2D eigenvalue weighted by molar-refractivity contribution is 5.75. The molecule has 1 aromatic rings. The first kappa shape index (κ1) is 9.67. The lowest BCUT2D eigenvalue weighted by Crippen LogP contribution is -2.33. The third-order valence-corrected chi connectivity index (χ3v) is 1.66. The van der Waals surface area contributed by atoms with Crippen LogP contribution in [0.4, 0.5) is 0 Å². The van der Waals surface area contributed by atoms with Crippen LogP contribution in [-0.4, -0.2) is 24.1 Å². The third kappa shape index (κ3) is 2.83. The molecule has 0 saturated carbocycles. The summed E-state index contributed by atoms with van der Waals surface area (Å²) in [7, 11) is 1.32. The number of rotatable bonds is 3. The van der Waals surface area contributed by atoms with Crippen LogP contribution in [0.15, 0.2) is 24.4 Å². The van der Waals surface area contributed by atoms with Crippen LogP contribution in [-0.2, 0) is 16.0 Å². The molecule has 0 amide bonds. The minimum absolute atomic E-state index is 0.410. The number of ether oxygens (including phenoxy) is 1. The lowest BCUT2D eigenvalue weighted by atomic mass is 10.1. The Bertz CT molecular complexity index is 274. The molecule has 0 aliphatic carbocycles. The minimum Gasteiger partial charge on any atom is -0.468 e. The average molecular weight is 180 g/mol. The Morgan fingerprint density at radius 3 is 3.00 bits per heavy atom. The number of hydrogen-bond donors (Lipinski definition) is 1. The molecule has 0 unspecified atom stereocenters. The first-order chi connectivity index (χ1) is 6.24. The second-order valence-electron chi connectivity index (χ2n) is 2.65. The maximum atomic E-state index is 10.9. The van der Waals surface area contributed by atoms with Crippen LogP contribution < -0.4 is 5.73 Å². The van der Waals surface area contributed by atoms with Gasteiger partial charge >= 0.3 is 5.97 Å². The van der Waals surface area contributed by atoms with Gasteiger partial charge in [-0.25, -0.2) is 0 Å². The maximum absolute atomic E-state index is 10.9. The number of aromatic nitrogens is 1. The van der Waals surface area contributed by atoms with Gasteiger partial charge in [0, 0.05) is 18.3 Å². The van der Waals surface area contributed by atoms with E-state index >= 15 is 0 Å². The number of carbonyl (C=O) groups excluding carboxylic acids is 1. The molecular formula is C9H12N2O2. The molecule has 70 valence electrons. The van der Waals surface area contributed by atoms with E-state index in [0.717, 1.165) is 5.69 Å². The van der Waals surface area contributed by atoms with Crippen molar-refractivity contribution in [3.63, 3.8) is 0 Å². The largest absolute Gasteiger partial charge is 0.468 e. The Kier molecular flexibility index (Phi) is 3.40. The monoisotopic (exact) mass is 180 g/mol. The quantitative estimate of drug-likeness (QED) is 0.671. The summed E-state index contributed by atoms with van der Waals surface area (Å²) in [6, 6.07) is 4.86. The molecule has 0 aliphatic rings. The fourth-order valence-electron chi connectivity index (χ4n) is 0.979. The van der Waals surface area contributed by atoms with E-state index in [0.29, 0.717) is 6.42 Å². The SMILES string of the molecule is COC(=O)[C@H](N)Cc1ccccn1. The number of nitrogens with two attached hydrogens (primary N) is 1. The van der Waals surface area contributed by atoms with Crippen molar-refractivity contribution in [1.29, 1.82) is 0 Å². The second kappa shape index (κ2) is 4.57. The molecule has 0 saturated heterocycles. The van der Waals surface area contributed by atoms with E-state index in [4.69, 9.17) is 5.73 Å². The van der Waals surface area contributed by atoms with Gasteiger partial charge in [0.2, 0.25) is 0 Å². The molecular weight excluding hydrogens is 168 g/mol. The Morgan fingerprint density at radius 1 is 1.69 bits per heavy atom. The number of hydrogen-bond acceptors (Lipinski definition) is 4. The fourth-order valence-corrected chi connectivity index (χ4v) is 0.979. The van der Waals surface area contributed by atoms with Gasteiger partial charge in [-0.2, -0.15) is 0 Å². The van der Waals surface area contributed by atoms with Crippen molar-refractivity contribution in [2.24, 2.45) is 5.73 Å². The zero-order chi connectivity index (χ0) is 9.68. The smallest absolute Gasteiger partial charge is 0.323 e. The first-order valence-electron chi connectivity index (χ1n) is 3.97. The van der Waals surface area contributed by atoms with Crippen LogP contribution in [0.2, 0.25) is 0 Å². The van der Waals surface area contributed by atoms with Gasteiger partial charge in [-0.3, -0.25) is 9.78 Å².